The van der Waals surface area contributed by atoms with Gasteiger partial charge in [-0.2, -0.15) is 0 Å². The van der Waals surface area contributed by atoms with Crippen LogP contribution in [0.5, 0.6) is 0 Å². The topological polar surface area (TPSA) is 32.3 Å². The molecule has 0 amide bonds. The Morgan fingerprint density at radius 3 is 2.78 bits per heavy atom. The van der Waals surface area contributed by atoms with Gasteiger partial charge in [0.25, 0.3) is 0 Å². The van der Waals surface area contributed by atoms with Gasteiger partial charge >= 0.3 is 0 Å². The van der Waals surface area contributed by atoms with Crippen molar-refractivity contribution in [2.75, 3.05) is 6.54 Å². The maximum Gasteiger partial charge on any atom is 0.0991 e. The highest BCUT2D eigenvalue weighted by Crippen LogP contribution is 2.35. The van der Waals surface area contributed by atoms with Crippen LogP contribution in [0.4, 0.5) is 0 Å². The molecule has 0 aromatic carbocycles. The van der Waals surface area contributed by atoms with E-state index >= 15 is 0 Å². The molecule has 2 nitrogen and oxygen atoms in total. The maximum absolute atomic E-state index is 9.93. The van der Waals surface area contributed by atoms with Gasteiger partial charge in [0.1, 0.15) is 0 Å². The van der Waals surface area contributed by atoms with Gasteiger partial charge in [-0.25, -0.2) is 0 Å². The van der Waals surface area contributed by atoms with Crippen LogP contribution in [-0.4, -0.2) is 17.8 Å². The normalized spacial score (nSPS) is 26.2. The Morgan fingerprint density at radius 1 is 1.44 bits per heavy atom. The molecule has 0 saturated heterocycles. The summed E-state index contributed by atoms with van der Waals surface area (Å²) in [5.74, 6) is 0.370. The van der Waals surface area contributed by atoms with Crippen molar-refractivity contribution < 1.29 is 5.11 Å². The molecule has 0 aliphatic heterocycles. The molecule has 3 unspecified atom stereocenters. The smallest absolute Gasteiger partial charge is 0.0991 e. The first-order valence-electron chi connectivity index (χ1n) is 6.44. The second kappa shape index (κ2) is 6.58. The Labute approximate surface area is 122 Å². The molecule has 1 heterocycles. The summed E-state index contributed by atoms with van der Waals surface area (Å²) in [6.45, 7) is 2.92. The van der Waals surface area contributed by atoms with Crippen LogP contribution < -0.4 is 5.32 Å². The zero-order chi connectivity index (χ0) is 13.1. The molecular formula is C13H19Cl2NOS. The van der Waals surface area contributed by atoms with Crippen molar-refractivity contribution in [1.82, 2.24) is 5.32 Å². The van der Waals surface area contributed by atoms with Gasteiger partial charge in [-0.15, -0.1) is 11.3 Å². The van der Waals surface area contributed by atoms with Crippen LogP contribution in [0, 0.1) is 5.92 Å². The second-order valence-corrected chi connectivity index (χ2v) is 7.31. The van der Waals surface area contributed by atoms with E-state index in [4.69, 9.17) is 23.2 Å². The van der Waals surface area contributed by atoms with Crippen molar-refractivity contribution in [3.05, 3.63) is 20.3 Å². The Hall–Kier alpha value is 0.200. The number of thiophene rings is 1. The van der Waals surface area contributed by atoms with Crippen molar-refractivity contribution in [3.63, 3.8) is 0 Å². The molecule has 5 heteroatoms. The predicted octanol–water partition coefficient (Wildman–Crippen LogP) is 4.26. The van der Waals surface area contributed by atoms with Crippen LogP contribution in [0.1, 0.15) is 44.2 Å². The summed E-state index contributed by atoms with van der Waals surface area (Å²) in [5, 5.41) is 13.4. The van der Waals surface area contributed by atoms with Gasteiger partial charge in [-0.05, 0) is 37.3 Å². The van der Waals surface area contributed by atoms with Gasteiger partial charge in [0.2, 0.25) is 0 Å². The Balaban J connectivity index is 1.87. The number of halogens is 2. The van der Waals surface area contributed by atoms with E-state index in [-0.39, 0.29) is 12.1 Å². The van der Waals surface area contributed by atoms with Crippen LogP contribution >= 0.6 is 34.5 Å². The lowest BCUT2D eigenvalue weighted by molar-refractivity contribution is 0.0684. The lowest BCUT2D eigenvalue weighted by atomic mass is 9.86. The molecule has 2 N–H and O–H groups in total. The van der Waals surface area contributed by atoms with Crippen LogP contribution in [-0.2, 0) is 0 Å². The quantitative estimate of drug-likeness (QED) is 0.871. The van der Waals surface area contributed by atoms with E-state index in [9.17, 15) is 5.11 Å². The molecule has 1 aliphatic rings. The number of nitrogens with one attached hydrogen (secondary N) is 1. The van der Waals surface area contributed by atoms with E-state index in [1.807, 2.05) is 6.07 Å². The first-order chi connectivity index (χ1) is 8.58. The number of hydrogen-bond donors (Lipinski definition) is 2. The highest BCUT2D eigenvalue weighted by molar-refractivity contribution is 7.20. The van der Waals surface area contributed by atoms with Crippen molar-refractivity contribution in [2.45, 2.75) is 44.8 Å². The Morgan fingerprint density at radius 2 is 2.17 bits per heavy atom. The van der Waals surface area contributed by atoms with Crippen molar-refractivity contribution in [2.24, 2.45) is 5.92 Å². The van der Waals surface area contributed by atoms with Gasteiger partial charge in [0, 0.05) is 12.6 Å². The van der Waals surface area contributed by atoms with Crippen LogP contribution in [0.2, 0.25) is 8.67 Å². The molecule has 0 radical (unpaired) electrons. The molecule has 18 heavy (non-hydrogen) atoms. The minimum absolute atomic E-state index is 0.153. The molecule has 3 atom stereocenters. The summed E-state index contributed by atoms with van der Waals surface area (Å²) in [6, 6.07) is 2.10. The van der Waals surface area contributed by atoms with Crippen LogP contribution in [0.15, 0.2) is 6.07 Å². The number of rotatable bonds is 4. The van der Waals surface area contributed by atoms with Gasteiger partial charge in [0.05, 0.1) is 14.8 Å². The van der Waals surface area contributed by atoms with Crippen molar-refractivity contribution in [3.8, 4) is 0 Å². The maximum atomic E-state index is 9.93. The average molecular weight is 308 g/mol. The van der Waals surface area contributed by atoms with Crippen LogP contribution in [0.25, 0.3) is 0 Å². The van der Waals surface area contributed by atoms with Gasteiger partial charge in [-0.1, -0.05) is 36.0 Å². The lowest BCUT2D eigenvalue weighted by Gasteiger charge is -2.29. The second-order valence-electron chi connectivity index (χ2n) is 5.02. The molecule has 1 fully saturated rings. The summed E-state index contributed by atoms with van der Waals surface area (Å²) in [7, 11) is 0. The first kappa shape index (κ1) is 14.6. The standard InChI is InChI=1S/C13H19Cl2NOS/c1-8(10-6-12(14)18-13(10)15)16-7-9-4-2-3-5-11(9)17/h6,8-9,11,16-17H,2-5,7H2,1H3. The molecular weight excluding hydrogens is 289 g/mol. The highest BCUT2D eigenvalue weighted by Gasteiger charge is 2.23. The van der Waals surface area contributed by atoms with E-state index in [2.05, 4.69) is 12.2 Å². The van der Waals surface area contributed by atoms with E-state index in [0.717, 1.165) is 40.0 Å². The summed E-state index contributed by atoms with van der Waals surface area (Å²) in [5.41, 5.74) is 1.05. The Kier molecular flexibility index (Phi) is 5.34. The lowest BCUT2D eigenvalue weighted by Crippen LogP contribution is -2.34. The number of hydrogen-bond acceptors (Lipinski definition) is 3. The zero-order valence-corrected chi connectivity index (χ0v) is 12.8. The molecule has 1 aliphatic carbocycles. The molecule has 102 valence electrons. The molecule has 1 saturated carbocycles. The monoisotopic (exact) mass is 307 g/mol. The number of aliphatic hydroxyl groups is 1. The summed E-state index contributed by atoms with van der Waals surface area (Å²) in [6.07, 6.45) is 4.27. The summed E-state index contributed by atoms with van der Waals surface area (Å²) < 4.78 is 1.48. The summed E-state index contributed by atoms with van der Waals surface area (Å²) >= 11 is 13.5. The molecule has 2 rings (SSSR count). The van der Waals surface area contributed by atoms with Gasteiger partial charge < -0.3 is 10.4 Å². The van der Waals surface area contributed by atoms with Crippen molar-refractivity contribution in [1.29, 1.82) is 0 Å². The molecule has 1 aromatic rings. The van der Waals surface area contributed by atoms with E-state index in [1.165, 1.54) is 17.8 Å². The van der Waals surface area contributed by atoms with E-state index in [1.54, 1.807) is 0 Å². The third kappa shape index (κ3) is 3.61. The third-order valence-electron chi connectivity index (χ3n) is 3.70. The fourth-order valence-electron chi connectivity index (χ4n) is 2.51. The van der Waals surface area contributed by atoms with E-state index < -0.39 is 0 Å². The highest BCUT2D eigenvalue weighted by atomic mass is 35.5. The Bertz CT molecular complexity index is 396. The number of aliphatic hydroxyl groups excluding tert-OH is 1. The minimum Gasteiger partial charge on any atom is -0.393 e. The fraction of sp³-hybridized carbons (Fsp3) is 0.692. The van der Waals surface area contributed by atoms with E-state index in [0.29, 0.717) is 5.92 Å². The average Bonchev–Trinajstić information content (AvgIpc) is 2.67. The molecule has 0 bridgehead atoms. The third-order valence-corrected chi connectivity index (χ3v) is 5.22. The zero-order valence-electron chi connectivity index (χ0n) is 10.5. The van der Waals surface area contributed by atoms with Gasteiger partial charge in [0.15, 0.2) is 0 Å². The predicted molar refractivity (Wildman–Crippen MR) is 78.7 cm³/mol. The van der Waals surface area contributed by atoms with Crippen LogP contribution in [0.3, 0.4) is 0 Å². The molecule has 1 aromatic heterocycles. The fourth-order valence-corrected chi connectivity index (χ4v) is 4.16. The van der Waals surface area contributed by atoms with Crippen molar-refractivity contribution >= 4 is 34.5 Å². The molecule has 0 spiro atoms. The first-order valence-corrected chi connectivity index (χ1v) is 8.01. The summed E-state index contributed by atoms with van der Waals surface area (Å²) in [4.78, 5) is 0. The van der Waals surface area contributed by atoms with Gasteiger partial charge in [-0.3, -0.25) is 0 Å². The SMILES string of the molecule is CC(NCC1CCCCC1O)c1cc(Cl)sc1Cl. The minimum atomic E-state index is -0.153. The largest absolute Gasteiger partial charge is 0.393 e.